The molecular weight excluding hydrogens is 296 g/mol. The molecule has 0 saturated carbocycles. The van der Waals surface area contributed by atoms with Crippen LogP contribution in [0.5, 0.6) is 0 Å². The molecule has 5 heteroatoms. The van der Waals surface area contributed by atoms with Gasteiger partial charge in [-0.15, -0.1) is 0 Å². The van der Waals surface area contributed by atoms with Crippen LogP contribution in [0.15, 0.2) is 23.2 Å². The second-order valence-electron chi connectivity index (χ2n) is 5.82. The van der Waals surface area contributed by atoms with Crippen molar-refractivity contribution in [1.29, 1.82) is 0 Å². The molecule has 0 heterocycles. The average Bonchev–Trinajstić information content (AvgIpc) is 2.54. The van der Waals surface area contributed by atoms with E-state index in [1.165, 1.54) is 20.3 Å². The zero-order valence-corrected chi connectivity index (χ0v) is 14.4. The van der Waals surface area contributed by atoms with Gasteiger partial charge in [-0.2, -0.15) is 0 Å². The quantitative estimate of drug-likeness (QED) is 0.467. The van der Waals surface area contributed by atoms with Crippen molar-refractivity contribution in [3.05, 3.63) is 23.2 Å². The van der Waals surface area contributed by atoms with Gasteiger partial charge in [0.2, 0.25) is 23.1 Å². The molecule has 5 nitrogen and oxygen atoms in total. The lowest BCUT2D eigenvalue weighted by Gasteiger charge is -2.16. The maximum absolute atomic E-state index is 12.2. The van der Waals surface area contributed by atoms with Crippen LogP contribution >= 0.6 is 0 Å². The van der Waals surface area contributed by atoms with E-state index in [4.69, 9.17) is 9.47 Å². The number of carbonyl (C=O) groups excluding carboxylic acids is 2. The highest BCUT2D eigenvalue weighted by Crippen LogP contribution is 2.24. The van der Waals surface area contributed by atoms with Crippen LogP contribution in [0.2, 0.25) is 0 Å². The molecule has 0 bridgehead atoms. The summed E-state index contributed by atoms with van der Waals surface area (Å²) in [4.78, 5) is 24.1. The van der Waals surface area contributed by atoms with Gasteiger partial charge < -0.3 is 14.6 Å². The highest BCUT2D eigenvalue weighted by molar-refractivity contribution is 6.20. The van der Waals surface area contributed by atoms with Gasteiger partial charge in [0, 0.05) is 5.57 Å². The molecule has 23 heavy (non-hydrogen) atoms. The number of unbranched alkanes of at least 4 members (excludes halogenated alkanes) is 3. The van der Waals surface area contributed by atoms with Crippen LogP contribution < -0.4 is 0 Å². The predicted octanol–water partition coefficient (Wildman–Crippen LogP) is 3.07. The third-order valence-corrected chi connectivity index (χ3v) is 4.02. The summed E-state index contributed by atoms with van der Waals surface area (Å²) in [7, 11) is 2.71. The summed E-state index contributed by atoms with van der Waals surface area (Å²) in [6.45, 7) is 2.11. The Bertz CT molecular complexity index is 476. The Hall–Kier alpha value is -1.62. The molecule has 0 amide bonds. The van der Waals surface area contributed by atoms with E-state index in [1.807, 2.05) is 0 Å². The molecule has 0 radical (unpaired) electrons. The molecule has 0 aromatic heterocycles. The minimum Gasteiger partial charge on any atom is -0.490 e. The number of hydrogen-bond acceptors (Lipinski definition) is 5. The van der Waals surface area contributed by atoms with Crippen LogP contribution in [-0.2, 0) is 19.1 Å². The number of carbonyl (C=O) groups is 2. The number of ketones is 2. The summed E-state index contributed by atoms with van der Waals surface area (Å²) in [6.07, 6.45) is 8.13. The molecule has 0 saturated heterocycles. The van der Waals surface area contributed by atoms with Gasteiger partial charge in [0.05, 0.1) is 20.3 Å². The lowest BCUT2D eigenvalue weighted by molar-refractivity contribution is -0.120. The number of allylic oxidation sites excluding steroid dienone is 2. The molecule has 1 atom stereocenters. The van der Waals surface area contributed by atoms with Crippen LogP contribution in [-0.4, -0.2) is 37.0 Å². The van der Waals surface area contributed by atoms with Crippen molar-refractivity contribution in [2.75, 3.05) is 14.2 Å². The van der Waals surface area contributed by atoms with Crippen LogP contribution in [0.1, 0.15) is 58.3 Å². The van der Waals surface area contributed by atoms with Crippen molar-refractivity contribution in [2.45, 2.75) is 64.4 Å². The second-order valence-corrected chi connectivity index (χ2v) is 5.82. The zero-order valence-electron chi connectivity index (χ0n) is 14.4. The van der Waals surface area contributed by atoms with E-state index in [9.17, 15) is 14.7 Å². The zero-order chi connectivity index (χ0) is 17.2. The van der Waals surface area contributed by atoms with E-state index >= 15 is 0 Å². The third-order valence-electron chi connectivity index (χ3n) is 4.02. The number of ether oxygens (including phenoxy) is 2. The summed E-state index contributed by atoms with van der Waals surface area (Å²) in [5.41, 5.74) is 0.471. The van der Waals surface area contributed by atoms with E-state index < -0.39 is 0 Å². The monoisotopic (exact) mass is 324 g/mol. The normalized spacial score (nSPS) is 16.4. The molecule has 1 N–H and O–H groups in total. The molecule has 0 aromatic rings. The van der Waals surface area contributed by atoms with Crippen molar-refractivity contribution < 1.29 is 24.2 Å². The number of rotatable bonds is 11. The summed E-state index contributed by atoms with van der Waals surface area (Å²) < 4.78 is 9.95. The second kappa shape index (κ2) is 10.2. The number of aliphatic hydroxyl groups excluding tert-OH is 1. The van der Waals surface area contributed by atoms with Crippen molar-refractivity contribution >= 4 is 11.6 Å². The third kappa shape index (κ3) is 5.82. The standard InChI is InChI=1S/C18H28O5/c1-4-5-10-14(19)11-8-6-7-9-13-12-15(20)17(22-2)18(23-3)16(13)21/h12,14,19H,4-11H2,1-3H3. The fourth-order valence-corrected chi connectivity index (χ4v) is 2.67. The smallest absolute Gasteiger partial charge is 0.227 e. The fourth-order valence-electron chi connectivity index (χ4n) is 2.67. The molecule has 0 aromatic carbocycles. The Morgan fingerprint density at radius 1 is 1.00 bits per heavy atom. The molecule has 1 aliphatic rings. The van der Waals surface area contributed by atoms with Gasteiger partial charge in [-0.3, -0.25) is 9.59 Å². The lowest BCUT2D eigenvalue weighted by Crippen LogP contribution is -2.21. The molecule has 130 valence electrons. The van der Waals surface area contributed by atoms with Gasteiger partial charge in [-0.1, -0.05) is 32.6 Å². The summed E-state index contributed by atoms with van der Waals surface area (Å²) in [5, 5.41) is 9.78. The van der Waals surface area contributed by atoms with E-state index in [0.717, 1.165) is 44.9 Å². The molecular formula is C18H28O5. The SMILES string of the molecule is CCCCC(O)CCCCCC1=CC(=O)C(OC)=C(OC)C1=O. The number of Topliss-reactive ketones (excluding diaryl/α,β-unsaturated/α-hetero) is 1. The van der Waals surface area contributed by atoms with Crippen LogP contribution in [0, 0.1) is 0 Å². The topological polar surface area (TPSA) is 72.8 Å². The first kappa shape index (κ1) is 19.4. The van der Waals surface area contributed by atoms with Crippen molar-refractivity contribution in [3.63, 3.8) is 0 Å². The summed E-state index contributed by atoms with van der Waals surface area (Å²) >= 11 is 0. The summed E-state index contributed by atoms with van der Waals surface area (Å²) in [5.74, 6) is -0.633. The maximum atomic E-state index is 12.2. The van der Waals surface area contributed by atoms with Crippen molar-refractivity contribution in [2.24, 2.45) is 0 Å². The Morgan fingerprint density at radius 2 is 1.65 bits per heavy atom. The predicted molar refractivity (Wildman–Crippen MR) is 87.8 cm³/mol. The Balaban J connectivity index is 2.39. The van der Waals surface area contributed by atoms with Crippen LogP contribution in [0.25, 0.3) is 0 Å². The van der Waals surface area contributed by atoms with Gasteiger partial charge in [-0.05, 0) is 31.8 Å². The van der Waals surface area contributed by atoms with Crippen molar-refractivity contribution in [3.8, 4) is 0 Å². The van der Waals surface area contributed by atoms with Crippen LogP contribution in [0.4, 0.5) is 0 Å². The fraction of sp³-hybridized carbons (Fsp3) is 0.667. The minimum absolute atomic E-state index is 0.00927. The van der Waals surface area contributed by atoms with E-state index in [2.05, 4.69) is 6.92 Å². The Labute approximate surface area is 138 Å². The van der Waals surface area contributed by atoms with Gasteiger partial charge in [0.15, 0.2) is 0 Å². The number of methoxy groups -OCH3 is 2. The van der Waals surface area contributed by atoms with Gasteiger partial charge in [0.25, 0.3) is 0 Å². The highest BCUT2D eigenvalue weighted by atomic mass is 16.5. The average molecular weight is 324 g/mol. The first-order valence-corrected chi connectivity index (χ1v) is 8.35. The molecule has 0 spiro atoms. The van der Waals surface area contributed by atoms with E-state index in [0.29, 0.717) is 12.0 Å². The van der Waals surface area contributed by atoms with Crippen molar-refractivity contribution in [1.82, 2.24) is 0 Å². The largest absolute Gasteiger partial charge is 0.490 e. The highest BCUT2D eigenvalue weighted by Gasteiger charge is 2.30. The molecule has 0 fully saturated rings. The van der Waals surface area contributed by atoms with Gasteiger partial charge >= 0.3 is 0 Å². The van der Waals surface area contributed by atoms with Crippen LogP contribution in [0.3, 0.4) is 0 Å². The summed E-state index contributed by atoms with van der Waals surface area (Å²) in [6, 6.07) is 0. The molecule has 1 aliphatic carbocycles. The van der Waals surface area contributed by atoms with E-state index in [1.54, 1.807) is 0 Å². The first-order valence-electron chi connectivity index (χ1n) is 8.35. The lowest BCUT2D eigenvalue weighted by atomic mass is 9.95. The van der Waals surface area contributed by atoms with Gasteiger partial charge in [0.1, 0.15) is 0 Å². The molecule has 1 rings (SSSR count). The minimum atomic E-state index is -0.325. The maximum Gasteiger partial charge on any atom is 0.227 e. The van der Waals surface area contributed by atoms with E-state index in [-0.39, 0.29) is 29.2 Å². The Kier molecular flexibility index (Phi) is 8.62. The first-order chi connectivity index (χ1) is 11.0. The molecule has 1 unspecified atom stereocenters. The van der Waals surface area contributed by atoms with Gasteiger partial charge in [-0.25, -0.2) is 0 Å². The molecule has 0 aliphatic heterocycles. The number of hydrogen-bond donors (Lipinski definition) is 1. The Morgan fingerprint density at radius 3 is 2.26 bits per heavy atom. The number of aliphatic hydroxyl groups is 1.